The Labute approximate surface area is 217 Å². The van der Waals surface area contributed by atoms with Gasteiger partial charge in [-0.05, 0) is 56.7 Å². The summed E-state index contributed by atoms with van der Waals surface area (Å²) in [5, 5.41) is 21.7. The molecule has 0 aromatic carbocycles. The monoisotopic (exact) mass is 507 g/mol. The van der Waals surface area contributed by atoms with Crippen LogP contribution in [0.3, 0.4) is 0 Å². The summed E-state index contributed by atoms with van der Waals surface area (Å²) in [6.45, 7) is 2.51. The van der Waals surface area contributed by atoms with Crippen LogP contribution in [0.2, 0.25) is 0 Å². The first-order valence-electron chi connectivity index (χ1n) is 13.6. The fraction of sp³-hybridized carbons (Fsp3) is 0.571. The average Bonchev–Trinajstić information content (AvgIpc) is 3.51. The Bertz CT molecular complexity index is 1230. The summed E-state index contributed by atoms with van der Waals surface area (Å²) in [5.74, 6) is -0.164. The highest BCUT2D eigenvalue weighted by molar-refractivity contribution is 5.96. The molecule has 0 spiro atoms. The number of carbonyl (C=O) groups excluding carboxylic acids is 1. The van der Waals surface area contributed by atoms with Crippen LogP contribution in [0.1, 0.15) is 81.0 Å². The second-order valence-electron chi connectivity index (χ2n) is 10.4. The Kier molecular flexibility index (Phi) is 7.60. The molecule has 1 amide bonds. The van der Waals surface area contributed by atoms with Crippen LogP contribution in [-0.4, -0.2) is 66.3 Å². The van der Waals surface area contributed by atoms with E-state index in [1.807, 2.05) is 6.07 Å². The number of rotatable bonds is 11. The quantitative estimate of drug-likeness (QED) is 0.374. The number of ether oxygens (including phenoxy) is 1. The number of aromatic nitrogens is 4. The summed E-state index contributed by atoms with van der Waals surface area (Å²) in [6, 6.07) is 6.14. The van der Waals surface area contributed by atoms with Crippen molar-refractivity contribution >= 4 is 16.9 Å². The zero-order valence-electron chi connectivity index (χ0n) is 21.6. The molecule has 3 aromatic rings. The normalized spacial score (nSPS) is 17.1. The van der Waals surface area contributed by atoms with Crippen molar-refractivity contribution in [1.29, 1.82) is 0 Å². The van der Waals surface area contributed by atoms with E-state index in [1.165, 1.54) is 0 Å². The van der Waals surface area contributed by atoms with Gasteiger partial charge in [0.25, 0.3) is 11.8 Å². The number of amides is 1. The lowest BCUT2D eigenvalue weighted by molar-refractivity contribution is 0.0513. The zero-order chi connectivity index (χ0) is 25.8. The topological polar surface area (TPSA) is 114 Å². The molecule has 9 heteroatoms. The predicted octanol–water partition coefficient (Wildman–Crippen LogP) is 4.21. The van der Waals surface area contributed by atoms with E-state index in [4.69, 9.17) is 9.72 Å². The highest BCUT2D eigenvalue weighted by Gasteiger charge is 2.39. The maximum Gasteiger partial charge on any atom is 0.276 e. The number of hydrogen-bond donors (Lipinski definition) is 2. The second kappa shape index (κ2) is 11.0. The van der Waals surface area contributed by atoms with Gasteiger partial charge < -0.3 is 24.4 Å². The first kappa shape index (κ1) is 25.4. The number of aromatic hydroxyl groups is 1. The van der Waals surface area contributed by atoms with Crippen LogP contribution < -0.4 is 4.74 Å². The van der Waals surface area contributed by atoms with Crippen molar-refractivity contribution in [3.05, 3.63) is 42.1 Å². The van der Waals surface area contributed by atoms with Gasteiger partial charge in [0.05, 0.1) is 18.8 Å². The number of aliphatic hydroxyl groups excluding tert-OH is 1. The average molecular weight is 508 g/mol. The van der Waals surface area contributed by atoms with Crippen molar-refractivity contribution in [2.24, 2.45) is 0 Å². The Balaban J connectivity index is 1.53. The maximum absolute atomic E-state index is 13.8. The molecule has 2 aliphatic carbocycles. The van der Waals surface area contributed by atoms with E-state index in [0.717, 1.165) is 68.8 Å². The van der Waals surface area contributed by atoms with Gasteiger partial charge in [-0.15, -0.1) is 0 Å². The minimum absolute atomic E-state index is 0.0398. The molecular weight excluding hydrogens is 470 g/mol. The van der Waals surface area contributed by atoms with Crippen LogP contribution in [0.15, 0.2) is 30.6 Å². The largest absolute Gasteiger partial charge is 0.491 e. The third kappa shape index (κ3) is 5.01. The summed E-state index contributed by atoms with van der Waals surface area (Å²) in [7, 11) is 0. The first-order valence-corrected chi connectivity index (χ1v) is 13.6. The third-order valence-electron chi connectivity index (χ3n) is 7.94. The second-order valence-corrected chi connectivity index (χ2v) is 10.4. The molecule has 0 radical (unpaired) electrons. The van der Waals surface area contributed by atoms with Crippen LogP contribution >= 0.6 is 0 Å². The molecule has 2 N–H and O–H groups in total. The fourth-order valence-electron chi connectivity index (χ4n) is 5.73. The number of unbranched alkanes of at least 4 members (excludes halogenated alkanes) is 1. The molecule has 3 aromatic heterocycles. The minimum atomic E-state index is -0.322. The molecule has 198 valence electrons. The van der Waals surface area contributed by atoms with Gasteiger partial charge in [-0.25, -0.2) is 9.97 Å². The highest BCUT2D eigenvalue weighted by Crippen LogP contribution is 2.42. The number of hydrogen-bond acceptors (Lipinski definition) is 7. The molecule has 3 heterocycles. The lowest BCUT2D eigenvalue weighted by atomic mass is 9.91. The summed E-state index contributed by atoms with van der Waals surface area (Å²) in [4.78, 5) is 29.3. The van der Waals surface area contributed by atoms with Crippen LogP contribution in [0.5, 0.6) is 11.6 Å². The molecule has 2 aliphatic rings. The van der Waals surface area contributed by atoms with E-state index in [1.54, 1.807) is 11.1 Å². The molecule has 0 unspecified atom stereocenters. The summed E-state index contributed by atoms with van der Waals surface area (Å²) in [6.07, 6.45) is 13.0. The number of aliphatic hydroxyl groups is 1. The van der Waals surface area contributed by atoms with E-state index in [0.29, 0.717) is 18.9 Å². The Morgan fingerprint density at radius 1 is 1.22 bits per heavy atom. The van der Waals surface area contributed by atoms with Gasteiger partial charge in [0.2, 0.25) is 5.75 Å². The highest BCUT2D eigenvalue weighted by atomic mass is 16.5. The smallest absolute Gasteiger partial charge is 0.276 e. The lowest BCUT2D eigenvalue weighted by Gasteiger charge is -2.37. The van der Waals surface area contributed by atoms with Crippen molar-refractivity contribution in [3.8, 4) is 11.6 Å². The van der Waals surface area contributed by atoms with Crippen molar-refractivity contribution in [2.75, 3.05) is 19.8 Å². The predicted molar refractivity (Wildman–Crippen MR) is 140 cm³/mol. The Morgan fingerprint density at radius 3 is 2.73 bits per heavy atom. The van der Waals surface area contributed by atoms with Gasteiger partial charge >= 0.3 is 0 Å². The minimum Gasteiger partial charge on any atom is -0.491 e. The van der Waals surface area contributed by atoms with Crippen LogP contribution in [0.25, 0.3) is 11.0 Å². The van der Waals surface area contributed by atoms with Crippen molar-refractivity contribution in [3.63, 3.8) is 0 Å². The molecular formula is C28H37N5O4. The Hall–Kier alpha value is -3.20. The maximum atomic E-state index is 13.8. The van der Waals surface area contributed by atoms with E-state index >= 15 is 0 Å². The molecule has 9 nitrogen and oxygen atoms in total. The molecule has 37 heavy (non-hydrogen) atoms. The molecule has 0 aliphatic heterocycles. The van der Waals surface area contributed by atoms with Gasteiger partial charge in [0, 0.05) is 36.8 Å². The van der Waals surface area contributed by atoms with Crippen LogP contribution in [0, 0.1) is 0 Å². The number of carbonyl (C=O) groups is 1. The number of fused-ring (bicyclic) bond motifs is 1. The van der Waals surface area contributed by atoms with E-state index < -0.39 is 0 Å². The molecule has 2 saturated carbocycles. The molecule has 0 atom stereocenters. The standard InChI is InChI=1S/C28H37N5O4/c1-2-3-18-37-24-23(27(36)32(16-17-34)21-9-6-10-21)30-22(31-26(24)35)19-28(12-4-5-13-28)33-15-11-20-8-7-14-29-25(20)33/h7-8,11,14-15,21,34H,2-6,9-10,12-13,16-19H2,1H3,(H,30,31,35). The van der Waals surface area contributed by atoms with Crippen molar-refractivity contribution in [2.45, 2.75) is 82.7 Å². The fourth-order valence-corrected chi connectivity index (χ4v) is 5.73. The van der Waals surface area contributed by atoms with Crippen molar-refractivity contribution < 1.29 is 19.7 Å². The van der Waals surface area contributed by atoms with Gasteiger partial charge in [-0.1, -0.05) is 26.2 Å². The van der Waals surface area contributed by atoms with Crippen LogP contribution in [-0.2, 0) is 12.0 Å². The van der Waals surface area contributed by atoms with Gasteiger partial charge in [0.1, 0.15) is 11.5 Å². The molecule has 5 rings (SSSR count). The van der Waals surface area contributed by atoms with Gasteiger partial charge in [0.15, 0.2) is 5.69 Å². The van der Waals surface area contributed by atoms with E-state index in [2.05, 4.69) is 39.8 Å². The van der Waals surface area contributed by atoms with E-state index in [9.17, 15) is 15.0 Å². The number of nitrogens with zero attached hydrogens (tertiary/aromatic N) is 5. The molecule has 0 saturated heterocycles. The summed E-state index contributed by atoms with van der Waals surface area (Å²) >= 11 is 0. The zero-order valence-corrected chi connectivity index (χ0v) is 21.6. The summed E-state index contributed by atoms with van der Waals surface area (Å²) < 4.78 is 8.10. The van der Waals surface area contributed by atoms with E-state index in [-0.39, 0.29) is 48.0 Å². The van der Waals surface area contributed by atoms with Gasteiger partial charge in [-0.2, -0.15) is 4.98 Å². The Morgan fingerprint density at radius 2 is 2.03 bits per heavy atom. The molecule has 0 bridgehead atoms. The number of pyridine rings is 1. The first-order chi connectivity index (χ1) is 18.1. The SMILES string of the molecule is CCCCOc1c(O)nc(CC2(n3ccc4cccnc43)CCCC2)nc1C(=O)N(CCO)C1CCC1. The van der Waals surface area contributed by atoms with Crippen molar-refractivity contribution in [1.82, 2.24) is 24.4 Å². The van der Waals surface area contributed by atoms with Crippen LogP contribution in [0.4, 0.5) is 0 Å². The molecule has 2 fully saturated rings. The van der Waals surface area contributed by atoms with Gasteiger partial charge in [-0.3, -0.25) is 4.79 Å². The summed E-state index contributed by atoms with van der Waals surface area (Å²) in [5.41, 5.74) is 0.720. The third-order valence-corrected chi connectivity index (χ3v) is 7.94. The lowest BCUT2D eigenvalue weighted by Crippen LogP contribution is -2.46.